The summed E-state index contributed by atoms with van der Waals surface area (Å²) in [6, 6.07) is 13.2. The lowest BCUT2D eigenvalue weighted by Crippen LogP contribution is -2.30. The number of hydrogen-bond donors (Lipinski definition) is 1. The minimum Gasteiger partial charge on any atom is -0.441 e. The van der Waals surface area contributed by atoms with Crippen LogP contribution in [0.2, 0.25) is 0 Å². The van der Waals surface area contributed by atoms with E-state index in [9.17, 15) is 9.18 Å². The van der Waals surface area contributed by atoms with E-state index in [0.717, 1.165) is 11.1 Å². The predicted octanol–water partition coefficient (Wildman–Crippen LogP) is 1.98. The molecule has 1 amide bonds. The minimum atomic E-state index is -0.343. The van der Waals surface area contributed by atoms with Crippen LogP contribution in [0.4, 0.5) is 4.39 Å². The molecule has 0 fully saturated rings. The maximum atomic E-state index is 13.0. The van der Waals surface area contributed by atoms with Crippen molar-refractivity contribution in [3.8, 4) is 11.4 Å². The van der Waals surface area contributed by atoms with Crippen molar-refractivity contribution in [2.75, 3.05) is 6.54 Å². The number of halogens is 1. The fourth-order valence-corrected chi connectivity index (χ4v) is 2.54. The molecule has 27 heavy (non-hydrogen) atoms. The first-order valence-corrected chi connectivity index (χ1v) is 8.32. The Morgan fingerprint density at radius 1 is 1.15 bits per heavy atom. The number of carbonyl (C=O) groups is 1. The fraction of sp³-hybridized carbons (Fsp3) is 0.167. The van der Waals surface area contributed by atoms with Gasteiger partial charge in [-0.1, -0.05) is 12.1 Å². The zero-order chi connectivity index (χ0) is 18.6. The average molecular weight is 366 g/mol. The minimum absolute atomic E-state index is 0.0677. The number of para-hydroxylation sites is 2. The van der Waals surface area contributed by atoms with Crippen molar-refractivity contribution < 1.29 is 13.6 Å². The number of tetrazole rings is 1. The van der Waals surface area contributed by atoms with Gasteiger partial charge in [-0.15, -0.1) is 10.2 Å². The number of nitrogens with zero attached hydrogens (tertiary/aromatic N) is 5. The molecule has 0 aliphatic carbocycles. The van der Waals surface area contributed by atoms with Crippen LogP contribution < -0.4 is 5.32 Å². The molecule has 0 aliphatic heterocycles. The van der Waals surface area contributed by atoms with Crippen molar-refractivity contribution in [3.05, 3.63) is 60.2 Å². The van der Waals surface area contributed by atoms with Crippen LogP contribution in [-0.2, 0) is 17.8 Å². The summed E-state index contributed by atoms with van der Waals surface area (Å²) in [5, 5.41) is 14.6. The summed E-state index contributed by atoms with van der Waals surface area (Å²) < 4.78 is 18.6. The normalized spacial score (nSPS) is 11.0. The van der Waals surface area contributed by atoms with E-state index in [4.69, 9.17) is 4.42 Å². The Morgan fingerprint density at radius 3 is 2.78 bits per heavy atom. The molecule has 2 heterocycles. The van der Waals surface area contributed by atoms with Crippen LogP contribution in [0.3, 0.4) is 0 Å². The standard InChI is InChI=1S/C18H15FN6O2/c19-13-7-5-12(6-8-13)18-22-24-25(23-18)11-16(26)20-10-9-17-21-14-3-1-2-4-15(14)27-17/h1-8H,9-11H2,(H,20,26). The van der Waals surface area contributed by atoms with Gasteiger partial charge in [0.2, 0.25) is 11.7 Å². The number of amides is 1. The Bertz CT molecular complexity index is 1040. The van der Waals surface area contributed by atoms with Gasteiger partial charge in [-0.2, -0.15) is 4.80 Å². The smallest absolute Gasteiger partial charge is 0.243 e. The summed E-state index contributed by atoms with van der Waals surface area (Å²) in [5.41, 5.74) is 2.14. The van der Waals surface area contributed by atoms with Crippen molar-refractivity contribution >= 4 is 17.0 Å². The van der Waals surface area contributed by atoms with Crippen molar-refractivity contribution in [1.82, 2.24) is 30.5 Å². The summed E-state index contributed by atoms with van der Waals surface area (Å²) in [6.45, 7) is 0.312. The van der Waals surface area contributed by atoms with E-state index < -0.39 is 0 Å². The Kier molecular flexibility index (Phi) is 4.56. The number of carbonyl (C=O) groups excluding carboxylic acids is 1. The highest BCUT2D eigenvalue weighted by atomic mass is 19.1. The highest BCUT2D eigenvalue weighted by Crippen LogP contribution is 2.15. The lowest BCUT2D eigenvalue weighted by atomic mass is 10.2. The molecule has 136 valence electrons. The second-order valence-electron chi connectivity index (χ2n) is 5.83. The molecule has 8 nitrogen and oxygen atoms in total. The molecule has 0 atom stereocenters. The number of aromatic nitrogens is 5. The molecule has 0 saturated carbocycles. The summed E-state index contributed by atoms with van der Waals surface area (Å²) in [5.74, 6) is 0.293. The van der Waals surface area contributed by atoms with Gasteiger partial charge in [-0.25, -0.2) is 9.37 Å². The molecule has 0 saturated heterocycles. The first-order chi connectivity index (χ1) is 13.2. The maximum Gasteiger partial charge on any atom is 0.243 e. The lowest BCUT2D eigenvalue weighted by molar-refractivity contribution is -0.122. The zero-order valence-corrected chi connectivity index (χ0v) is 14.2. The molecule has 9 heteroatoms. The van der Waals surface area contributed by atoms with Crippen molar-refractivity contribution in [1.29, 1.82) is 0 Å². The molecule has 0 bridgehead atoms. The molecule has 0 unspecified atom stereocenters. The van der Waals surface area contributed by atoms with Crippen molar-refractivity contribution in [2.24, 2.45) is 0 Å². The van der Waals surface area contributed by atoms with E-state index in [1.165, 1.54) is 16.9 Å². The first kappa shape index (κ1) is 16.8. The Morgan fingerprint density at radius 2 is 1.96 bits per heavy atom. The molecule has 1 N–H and O–H groups in total. The first-order valence-electron chi connectivity index (χ1n) is 8.32. The highest BCUT2D eigenvalue weighted by molar-refractivity contribution is 5.75. The molecule has 0 aliphatic rings. The summed E-state index contributed by atoms with van der Waals surface area (Å²) >= 11 is 0. The number of fused-ring (bicyclic) bond motifs is 1. The van der Waals surface area contributed by atoms with Gasteiger partial charge < -0.3 is 9.73 Å². The van der Waals surface area contributed by atoms with E-state index in [1.807, 2.05) is 24.3 Å². The van der Waals surface area contributed by atoms with E-state index in [-0.39, 0.29) is 18.3 Å². The Balaban J connectivity index is 1.30. The van der Waals surface area contributed by atoms with E-state index in [2.05, 4.69) is 25.7 Å². The van der Waals surface area contributed by atoms with Crippen LogP contribution in [0.1, 0.15) is 5.89 Å². The topological polar surface area (TPSA) is 98.7 Å². The van der Waals surface area contributed by atoms with Crippen LogP contribution in [0.5, 0.6) is 0 Å². The molecule has 0 radical (unpaired) electrons. The van der Waals surface area contributed by atoms with E-state index in [1.54, 1.807) is 12.1 Å². The van der Waals surface area contributed by atoms with Gasteiger partial charge in [0.1, 0.15) is 17.9 Å². The van der Waals surface area contributed by atoms with Crippen LogP contribution in [0.25, 0.3) is 22.5 Å². The van der Waals surface area contributed by atoms with Crippen LogP contribution in [0.15, 0.2) is 52.9 Å². The molecule has 2 aromatic carbocycles. The second-order valence-corrected chi connectivity index (χ2v) is 5.83. The van der Waals surface area contributed by atoms with Gasteiger partial charge in [0.15, 0.2) is 11.5 Å². The summed E-state index contributed by atoms with van der Waals surface area (Å²) in [6.07, 6.45) is 0.478. The third-order valence-corrected chi connectivity index (χ3v) is 3.84. The number of benzene rings is 2. The fourth-order valence-electron chi connectivity index (χ4n) is 2.54. The summed E-state index contributed by atoms with van der Waals surface area (Å²) in [4.78, 5) is 17.6. The molecule has 0 spiro atoms. The second kappa shape index (κ2) is 7.32. The monoisotopic (exact) mass is 366 g/mol. The molecular weight excluding hydrogens is 351 g/mol. The van der Waals surface area contributed by atoms with Gasteiger partial charge in [0, 0.05) is 18.5 Å². The molecular formula is C18H15FN6O2. The van der Waals surface area contributed by atoms with Gasteiger partial charge in [0.25, 0.3) is 0 Å². The quantitative estimate of drug-likeness (QED) is 0.560. The number of rotatable bonds is 6. The molecule has 2 aromatic heterocycles. The largest absolute Gasteiger partial charge is 0.441 e. The zero-order valence-electron chi connectivity index (χ0n) is 14.2. The third-order valence-electron chi connectivity index (χ3n) is 3.84. The lowest BCUT2D eigenvalue weighted by Gasteiger charge is -2.02. The number of hydrogen-bond acceptors (Lipinski definition) is 6. The van der Waals surface area contributed by atoms with Gasteiger partial charge >= 0.3 is 0 Å². The highest BCUT2D eigenvalue weighted by Gasteiger charge is 2.10. The SMILES string of the molecule is O=C(Cn1nnc(-c2ccc(F)cc2)n1)NCCc1nc2ccccc2o1. The van der Waals surface area contributed by atoms with Crippen LogP contribution in [0, 0.1) is 5.82 Å². The van der Waals surface area contributed by atoms with Gasteiger partial charge in [0.05, 0.1) is 0 Å². The Hall–Kier alpha value is -3.62. The van der Waals surface area contributed by atoms with Crippen molar-refractivity contribution in [3.63, 3.8) is 0 Å². The molecule has 4 rings (SSSR count). The molecule has 4 aromatic rings. The summed E-state index contributed by atoms with van der Waals surface area (Å²) in [7, 11) is 0. The predicted molar refractivity (Wildman–Crippen MR) is 93.9 cm³/mol. The average Bonchev–Trinajstić information content (AvgIpc) is 3.29. The van der Waals surface area contributed by atoms with E-state index >= 15 is 0 Å². The third kappa shape index (κ3) is 3.97. The van der Waals surface area contributed by atoms with Crippen LogP contribution >= 0.6 is 0 Å². The van der Waals surface area contributed by atoms with Gasteiger partial charge in [-0.3, -0.25) is 4.79 Å². The van der Waals surface area contributed by atoms with Crippen molar-refractivity contribution in [2.45, 2.75) is 13.0 Å². The van der Waals surface area contributed by atoms with Crippen LogP contribution in [-0.4, -0.2) is 37.6 Å². The number of nitrogens with one attached hydrogen (secondary N) is 1. The van der Waals surface area contributed by atoms with Gasteiger partial charge in [-0.05, 0) is 41.6 Å². The maximum absolute atomic E-state index is 13.0. The number of oxazole rings is 1. The Labute approximate surface area is 153 Å². The van der Waals surface area contributed by atoms with E-state index in [0.29, 0.717) is 30.2 Å².